The van der Waals surface area contributed by atoms with Gasteiger partial charge in [0.15, 0.2) is 0 Å². The standard InChI is InChI=1S/C19H19F3N2O4S/c20-19(21,22)28-15-3-1-14(2-4-15)24-17(26)16(25)23-12-18(6-8-27-9-7-18)13-5-10-29-11-13/h1-5,10-11H,6-9,12H2,(H,23,25)(H,24,26). The van der Waals surface area contributed by atoms with E-state index in [-0.39, 0.29) is 17.6 Å². The number of alkyl halides is 3. The Balaban J connectivity index is 1.57. The molecule has 2 heterocycles. The molecule has 3 rings (SSSR count). The lowest BCUT2D eigenvalue weighted by Gasteiger charge is -2.37. The Labute approximate surface area is 169 Å². The van der Waals surface area contributed by atoms with E-state index in [9.17, 15) is 22.8 Å². The second-order valence-electron chi connectivity index (χ2n) is 6.61. The van der Waals surface area contributed by atoms with Crippen molar-refractivity contribution in [3.63, 3.8) is 0 Å². The minimum atomic E-state index is -4.80. The number of anilines is 1. The Morgan fingerprint density at radius 2 is 1.79 bits per heavy atom. The highest BCUT2D eigenvalue weighted by Crippen LogP contribution is 2.35. The summed E-state index contributed by atoms with van der Waals surface area (Å²) in [5, 5.41) is 9.02. The van der Waals surface area contributed by atoms with Gasteiger partial charge in [-0.3, -0.25) is 9.59 Å². The molecule has 1 saturated heterocycles. The number of carbonyl (C=O) groups excluding carboxylic acids is 2. The van der Waals surface area contributed by atoms with E-state index in [0.717, 1.165) is 30.5 Å². The average Bonchev–Trinajstić information content (AvgIpc) is 3.23. The van der Waals surface area contributed by atoms with Crippen LogP contribution in [0.5, 0.6) is 5.75 Å². The van der Waals surface area contributed by atoms with Crippen LogP contribution in [0.25, 0.3) is 0 Å². The fourth-order valence-corrected chi connectivity index (χ4v) is 3.93. The first-order chi connectivity index (χ1) is 13.8. The minimum absolute atomic E-state index is 0.179. The Kier molecular flexibility index (Phi) is 6.43. The molecule has 2 aromatic rings. The Hall–Kier alpha value is -2.59. The van der Waals surface area contributed by atoms with E-state index >= 15 is 0 Å². The van der Waals surface area contributed by atoms with Crippen LogP contribution in [0.1, 0.15) is 18.4 Å². The van der Waals surface area contributed by atoms with Gasteiger partial charge >= 0.3 is 18.2 Å². The van der Waals surface area contributed by atoms with Crippen LogP contribution in [0.2, 0.25) is 0 Å². The molecule has 0 bridgehead atoms. The van der Waals surface area contributed by atoms with Gasteiger partial charge in [0.25, 0.3) is 0 Å². The van der Waals surface area contributed by atoms with E-state index in [1.165, 1.54) is 12.1 Å². The maximum Gasteiger partial charge on any atom is 0.573 e. The molecule has 29 heavy (non-hydrogen) atoms. The number of carbonyl (C=O) groups is 2. The van der Waals surface area contributed by atoms with E-state index in [2.05, 4.69) is 15.4 Å². The van der Waals surface area contributed by atoms with Gasteiger partial charge < -0.3 is 20.1 Å². The van der Waals surface area contributed by atoms with Crippen molar-refractivity contribution < 1.29 is 32.2 Å². The maximum atomic E-state index is 12.2. The molecule has 0 aliphatic carbocycles. The zero-order valence-corrected chi connectivity index (χ0v) is 16.1. The molecule has 0 radical (unpaired) electrons. The first-order valence-electron chi connectivity index (χ1n) is 8.83. The number of nitrogens with one attached hydrogen (secondary N) is 2. The third-order valence-electron chi connectivity index (χ3n) is 4.72. The number of rotatable bonds is 5. The number of amides is 2. The van der Waals surface area contributed by atoms with E-state index in [1.54, 1.807) is 11.3 Å². The molecule has 1 aliphatic rings. The molecule has 1 fully saturated rings. The third-order valence-corrected chi connectivity index (χ3v) is 5.41. The van der Waals surface area contributed by atoms with E-state index < -0.39 is 23.9 Å². The van der Waals surface area contributed by atoms with E-state index in [0.29, 0.717) is 13.2 Å². The summed E-state index contributed by atoms with van der Waals surface area (Å²) >= 11 is 1.57. The van der Waals surface area contributed by atoms with Gasteiger partial charge in [-0.05, 0) is 59.5 Å². The van der Waals surface area contributed by atoms with Gasteiger partial charge in [0, 0.05) is 30.9 Å². The van der Waals surface area contributed by atoms with Crippen molar-refractivity contribution in [2.45, 2.75) is 24.6 Å². The molecule has 0 unspecified atom stereocenters. The molecule has 2 N–H and O–H groups in total. The second-order valence-corrected chi connectivity index (χ2v) is 7.39. The van der Waals surface area contributed by atoms with Crippen LogP contribution >= 0.6 is 11.3 Å². The van der Waals surface area contributed by atoms with Crippen LogP contribution in [0.3, 0.4) is 0 Å². The molecule has 1 aliphatic heterocycles. The summed E-state index contributed by atoms with van der Waals surface area (Å²) < 4.78 is 45.7. The maximum absolute atomic E-state index is 12.2. The van der Waals surface area contributed by atoms with Gasteiger partial charge in [-0.15, -0.1) is 13.2 Å². The summed E-state index contributed by atoms with van der Waals surface area (Å²) in [6.07, 6.45) is -3.34. The quantitative estimate of drug-likeness (QED) is 0.716. The average molecular weight is 428 g/mol. The topological polar surface area (TPSA) is 76.7 Å². The number of ether oxygens (including phenoxy) is 2. The van der Waals surface area contributed by atoms with Crippen molar-refractivity contribution in [2.24, 2.45) is 0 Å². The van der Waals surface area contributed by atoms with Crippen molar-refractivity contribution in [3.05, 3.63) is 46.7 Å². The molecule has 0 saturated carbocycles. The van der Waals surface area contributed by atoms with Crippen LogP contribution in [0.15, 0.2) is 41.1 Å². The van der Waals surface area contributed by atoms with Crippen LogP contribution in [-0.2, 0) is 19.7 Å². The fourth-order valence-electron chi connectivity index (χ4n) is 3.15. The van der Waals surface area contributed by atoms with Crippen molar-refractivity contribution in [2.75, 3.05) is 25.1 Å². The summed E-state index contributed by atoms with van der Waals surface area (Å²) in [7, 11) is 0. The van der Waals surface area contributed by atoms with Gasteiger partial charge in [0.1, 0.15) is 5.75 Å². The molecule has 0 spiro atoms. The molecular weight excluding hydrogens is 409 g/mol. The smallest absolute Gasteiger partial charge is 0.406 e. The SMILES string of the molecule is O=C(NCC1(c2ccsc2)CCOCC1)C(=O)Nc1ccc(OC(F)(F)F)cc1. The van der Waals surface area contributed by atoms with Gasteiger partial charge in [-0.1, -0.05) is 0 Å². The lowest BCUT2D eigenvalue weighted by molar-refractivity contribution is -0.274. The van der Waals surface area contributed by atoms with E-state index in [1.807, 2.05) is 16.8 Å². The zero-order chi connectivity index (χ0) is 20.9. The second kappa shape index (κ2) is 8.83. The highest BCUT2D eigenvalue weighted by Gasteiger charge is 2.35. The van der Waals surface area contributed by atoms with Crippen LogP contribution in [0, 0.1) is 0 Å². The van der Waals surface area contributed by atoms with Gasteiger partial charge in [-0.2, -0.15) is 11.3 Å². The number of hydrogen-bond acceptors (Lipinski definition) is 5. The number of hydrogen-bond donors (Lipinski definition) is 2. The normalized spacial score (nSPS) is 16.1. The molecule has 6 nitrogen and oxygen atoms in total. The molecule has 1 aromatic carbocycles. The summed E-state index contributed by atoms with van der Waals surface area (Å²) in [5.74, 6) is -2.14. The highest BCUT2D eigenvalue weighted by molar-refractivity contribution is 7.08. The van der Waals surface area contributed by atoms with Crippen molar-refractivity contribution in [1.29, 1.82) is 0 Å². The van der Waals surface area contributed by atoms with Crippen molar-refractivity contribution in [1.82, 2.24) is 5.32 Å². The predicted molar refractivity (Wildman–Crippen MR) is 101 cm³/mol. The largest absolute Gasteiger partial charge is 0.573 e. The molecule has 1 aromatic heterocycles. The molecule has 2 amide bonds. The first kappa shape index (κ1) is 21.1. The Bertz CT molecular complexity index is 832. The number of halogens is 3. The monoisotopic (exact) mass is 428 g/mol. The minimum Gasteiger partial charge on any atom is -0.406 e. The van der Waals surface area contributed by atoms with Gasteiger partial charge in [-0.25, -0.2) is 0 Å². The summed E-state index contributed by atoms with van der Waals surface area (Å²) in [4.78, 5) is 24.4. The van der Waals surface area contributed by atoms with E-state index in [4.69, 9.17) is 4.74 Å². The number of benzene rings is 1. The van der Waals surface area contributed by atoms with Crippen LogP contribution in [0.4, 0.5) is 18.9 Å². The Morgan fingerprint density at radius 1 is 1.10 bits per heavy atom. The Morgan fingerprint density at radius 3 is 2.38 bits per heavy atom. The first-order valence-corrected chi connectivity index (χ1v) is 9.77. The predicted octanol–water partition coefficient (Wildman–Crippen LogP) is 3.45. The fraction of sp³-hybridized carbons (Fsp3) is 0.368. The number of thiophene rings is 1. The van der Waals surface area contributed by atoms with Crippen LogP contribution < -0.4 is 15.4 Å². The third kappa shape index (κ3) is 5.70. The van der Waals surface area contributed by atoms with Gasteiger partial charge in [0.05, 0.1) is 0 Å². The summed E-state index contributed by atoms with van der Waals surface area (Å²) in [6, 6.07) is 6.55. The van der Waals surface area contributed by atoms with Crippen molar-refractivity contribution >= 4 is 28.8 Å². The lowest BCUT2D eigenvalue weighted by atomic mass is 9.75. The molecule has 156 valence electrons. The summed E-state index contributed by atoms with van der Waals surface area (Å²) in [6.45, 7) is 1.44. The van der Waals surface area contributed by atoms with Crippen molar-refractivity contribution in [3.8, 4) is 5.75 Å². The van der Waals surface area contributed by atoms with Gasteiger partial charge in [0.2, 0.25) is 0 Å². The molecule has 10 heteroatoms. The highest BCUT2D eigenvalue weighted by atomic mass is 32.1. The lowest BCUT2D eigenvalue weighted by Crippen LogP contribution is -2.47. The molecule has 0 atom stereocenters. The molecular formula is C19H19F3N2O4S. The summed E-state index contributed by atoms with van der Waals surface area (Å²) in [5.41, 5.74) is 0.996. The van der Waals surface area contributed by atoms with Crippen LogP contribution in [-0.4, -0.2) is 37.9 Å². The zero-order valence-electron chi connectivity index (χ0n) is 15.3.